The molecule has 4 fully saturated rings. The summed E-state index contributed by atoms with van der Waals surface area (Å²) in [6.45, 7) is 9.49. The zero-order chi connectivity index (χ0) is 47.8. The standard InChI is InChI=1S/C51H64N10O7/c1-29(2)44(56-50(65)67-5)48(63)59-25-9-11-41(59)46-52-35-20-14-31(27-37(35)54-46)39-22-23-40(61(39)34-18-16-33(17-19-34)58-24-8-7-13-43(58)62)32-15-21-36-38(28-32)55-47(53-36)42-12-10-26-60(42)49(64)45(30(3)4)57-51(66)68-6/h14-21,27-30,39-42,44-45H,7-13,22-26H2,1-6H3,(H,52,54)(H,53,55)(H,56,65)(H,57,66)/t39-,40-,41+,42+,44+,45?/m1/s1. The number of hydrogen-bond acceptors (Lipinski definition) is 10. The van der Waals surface area contributed by atoms with Gasteiger partial charge in [-0.2, -0.15) is 0 Å². The molecule has 68 heavy (non-hydrogen) atoms. The molecule has 0 radical (unpaired) electrons. The van der Waals surface area contributed by atoms with Crippen LogP contribution in [0, 0.1) is 11.8 Å². The number of benzene rings is 3. The summed E-state index contributed by atoms with van der Waals surface area (Å²) in [4.78, 5) is 90.5. The minimum atomic E-state index is -0.722. The summed E-state index contributed by atoms with van der Waals surface area (Å²) in [5.74, 6) is 1.03. The van der Waals surface area contributed by atoms with Crippen molar-refractivity contribution in [3.05, 3.63) is 83.4 Å². The molecule has 3 aromatic carbocycles. The molecule has 6 heterocycles. The van der Waals surface area contributed by atoms with Gasteiger partial charge in [0.25, 0.3) is 0 Å². The highest BCUT2D eigenvalue weighted by molar-refractivity contribution is 5.94. The number of amides is 5. The second-order valence-corrected chi connectivity index (χ2v) is 19.4. The van der Waals surface area contributed by atoms with Crippen molar-refractivity contribution in [1.29, 1.82) is 0 Å². The number of H-pyrrole nitrogens is 2. The minimum Gasteiger partial charge on any atom is -0.453 e. The van der Waals surface area contributed by atoms with E-state index in [2.05, 4.69) is 86.2 Å². The second kappa shape index (κ2) is 19.5. The summed E-state index contributed by atoms with van der Waals surface area (Å²) in [6, 6.07) is 19.2. The summed E-state index contributed by atoms with van der Waals surface area (Å²) in [7, 11) is 2.59. The normalized spacial score (nSPS) is 21.9. The molecule has 2 aromatic heterocycles. The number of carbonyl (C=O) groups excluding carboxylic acids is 5. The van der Waals surface area contributed by atoms with Gasteiger partial charge in [-0.1, -0.05) is 39.8 Å². The number of carbonyl (C=O) groups is 5. The van der Waals surface area contributed by atoms with Crippen LogP contribution >= 0.6 is 0 Å². The fraction of sp³-hybridized carbons (Fsp3) is 0.510. The van der Waals surface area contributed by atoms with E-state index in [4.69, 9.17) is 19.4 Å². The van der Waals surface area contributed by atoms with Crippen LogP contribution in [0.2, 0.25) is 0 Å². The molecule has 4 saturated heterocycles. The number of rotatable bonds is 12. The van der Waals surface area contributed by atoms with E-state index in [9.17, 15) is 24.0 Å². The van der Waals surface area contributed by atoms with E-state index >= 15 is 0 Å². The van der Waals surface area contributed by atoms with Gasteiger partial charge in [-0.25, -0.2) is 19.6 Å². The van der Waals surface area contributed by atoms with E-state index in [0.717, 1.165) is 114 Å². The third-order valence-electron chi connectivity index (χ3n) is 14.5. The van der Waals surface area contributed by atoms with Crippen LogP contribution < -0.4 is 20.4 Å². The lowest BCUT2D eigenvalue weighted by Gasteiger charge is -2.34. The molecule has 4 aliphatic rings. The predicted molar refractivity (Wildman–Crippen MR) is 258 cm³/mol. The molecule has 9 rings (SSSR count). The van der Waals surface area contributed by atoms with Gasteiger partial charge in [-0.15, -0.1) is 0 Å². The first kappa shape index (κ1) is 46.5. The van der Waals surface area contributed by atoms with Crippen molar-refractivity contribution < 1.29 is 33.4 Å². The van der Waals surface area contributed by atoms with Gasteiger partial charge in [0.2, 0.25) is 17.7 Å². The van der Waals surface area contributed by atoms with Gasteiger partial charge in [0, 0.05) is 37.4 Å². The quantitative estimate of drug-likeness (QED) is 0.0948. The molecule has 6 atom stereocenters. The third-order valence-corrected chi connectivity index (χ3v) is 14.5. The zero-order valence-corrected chi connectivity index (χ0v) is 39.9. The molecule has 0 aliphatic carbocycles. The Kier molecular flexibility index (Phi) is 13.3. The number of imidazole rings is 2. The van der Waals surface area contributed by atoms with Gasteiger partial charge < -0.3 is 49.7 Å². The highest BCUT2D eigenvalue weighted by Gasteiger charge is 2.41. The second-order valence-electron chi connectivity index (χ2n) is 19.4. The highest BCUT2D eigenvalue weighted by atomic mass is 16.5. The molecule has 0 spiro atoms. The molecule has 5 aromatic rings. The number of hydrogen-bond donors (Lipinski definition) is 4. The van der Waals surface area contributed by atoms with Gasteiger partial charge in [0.15, 0.2) is 0 Å². The van der Waals surface area contributed by atoms with Crippen molar-refractivity contribution >= 4 is 63.3 Å². The number of nitrogens with one attached hydrogen (secondary N) is 4. The number of likely N-dealkylation sites (tertiary alicyclic amines) is 2. The Morgan fingerprint density at radius 1 is 0.603 bits per heavy atom. The Labute approximate surface area is 396 Å². The van der Waals surface area contributed by atoms with Gasteiger partial charge in [0.1, 0.15) is 23.7 Å². The van der Waals surface area contributed by atoms with Crippen LogP contribution in [-0.2, 0) is 23.9 Å². The maximum absolute atomic E-state index is 13.9. The van der Waals surface area contributed by atoms with Crippen molar-refractivity contribution in [3.8, 4) is 0 Å². The lowest BCUT2D eigenvalue weighted by Crippen LogP contribution is -2.51. The van der Waals surface area contributed by atoms with E-state index in [0.29, 0.717) is 19.5 Å². The van der Waals surface area contributed by atoms with Gasteiger partial charge >= 0.3 is 12.2 Å². The van der Waals surface area contributed by atoms with Crippen molar-refractivity contribution in [2.24, 2.45) is 11.8 Å². The highest BCUT2D eigenvalue weighted by Crippen LogP contribution is 2.48. The zero-order valence-electron chi connectivity index (χ0n) is 39.9. The van der Waals surface area contributed by atoms with Gasteiger partial charge in [-0.05, 0) is 123 Å². The monoisotopic (exact) mass is 928 g/mol. The Morgan fingerprint density at radius 2 is 1.07 bits per heavy atom. The Bertz CT molecular complexity index is 2530. The number of anilines is 2. The van der Waals surface area contributed by atoms with Crippen molar-refractivity contribution in [3.63, 3.8) is 0 Å². The topological polar surface area (TPSA) is 198 Å². The Balaban J connectivity index is 1.01. The first-order valence-corrected chi connectivity index (χ1v) is 24.3. The molecule has 17 nitrogen and oxygen atoms in total. The molecule has 5 amide bonds. The average molecular weight is 929 g/mol. The Hall–Kier alpha value is -6.65. The summed E-state index contributed by atoms with van der Waals surface area (Å²) in [5, 5.41) is 5.47. The van der Waals surface area contributed by atoms with E-state index < -0.39 is 24.3 Å². The van der Waals surface area contributed by atoms with E-state index in [1.165, 1.54) is 14.2 Å². The first-order chi connectivity index (χ1) is 32.8. The predicted octanol–water partition coefficient (Wildman–Crippen LogP) is 8.13. The fourth-order valence-electron chi connectivity index (χ4n) is 10.9. The maximum Gasteiger partial charge on any atom is 0.407 e. The molecular weight excluding hydrogens is 865 g/mol. The van der Waals surface area contributed by atoms with Crippen molar-refractivity contribution in [2.45, 2.75) is 122 Å². The number of ether oxygens (including phenoxy) is 2. The molecule has 1 unspecified atom stereocenters. The van der Waals surface area contributed by atoms with Crippen LogP contribution in [-0.4, -0.2) is 106 Å². The molecule has 0 bridgehead atoms. The average Bonchev–Trinajstić information content (AvgIpc) is 4.20. The maximum atomic E-state index is 13.9. The first-order valence-electron chi connectivity index (χ1n) is 24.3. The van der Waals surface area contributed by atoms with E-state index in [1.54, 1.807) is 0 Å². The van der Waals surface area contributed by atoms with Crippen LogP contribution in [0.15, 0.2) is 60.7 Å². The number of alkyl carbamates (subject to hydrolysis) is 2. The summed E-state index contributed by atoms with van der Waals surface area (Å²) < 4.78 is 9.67. The van der Waals surface area contributed by atoms with E-state index in [-0.39, 0.29) is 53.7 Å². The number of aromatic amines is 2. The van der Waals surface area contributed by atoms with Crippen LogP contribution in [0.1, 0.15) is 132 Å². The minimum absolute atomic E-state index is 0.0104. The van der Waals surface area contributed by atoms with Gasteiger partial charge in [-0.3, -0.25) is 14.4 Å². The van der Waals surface area contributed by atoms with Crippen LogP contribution in [0.4, 0.5) is 21.0 Å². The molecule has 4 aliphatic heterocycles. The van der Waals surface area contributed by atoms with Crippen LogP contribution in [0.5, 0.6) is 0 Å². The van der Waals surface area contributed by atoms with Crippen molar-refractivity contribution in [2.75, 3.05) is 43.7 Å². The molecule has 360 valence electrons. The molecule has 17 heteroatoms. The third kappa shape index (κ3) is 9.06. The number of methoxy groups -OCH3 is 2. The van der Waals surface area contributed by atoms with Crippen LogP contribution in [0.25, 0.3) is 22.1 Å². The summed E-state index contributed by atoms with van der Waals surface area (Å²) >= 11 is 0. The smallest absolute Gasteiger partial charge is 0.407 e. The molecule has 0 saturated carbocycles. The van der Waals surface area contributed by atoms with Crippen LogP contribution in [0.3, 0.4) is 0 Å². The lowest BCUT2D eigenvalue weighted by atomic mass is 10.0. The van der Waals surface area contributed by atoms with Gasteiger partial charge in [0.05, 0.1) is 60.5 Å². The lowest BCUT2D eigenvalue weighted by molar-refractivity contribution is -0.136. The summed E-state index contributed by atoms with van der Waals surface area (Å²) in [6.07, 6.45) is 6.09. The van der Waals surface area contributed by atoms with Crippen molar-refractivity contribution in [1.82, 2.24) is 40.4 Å². The van der Waals surface area contributed by atoms with E-state index in [1.807, 2.05) is 42.4 Å². The summed E-state index contributed by atoms with van der Waals surface area (Å²) in [5.41, 5.74) is 7.58. The number of nitrogens with zero attached hydrogens (tertiary/aromatic N) is 6. The number of fused-ring (bicyclic) bond motifs is 2. The number of piperidine rings is 1. The molecular formula is C51H64N10O7. The SMILES string of the molecule is COC(=O)NC(C(=O)N1CCC[C@H]1c1nc2cc([C@H]3CC[C@H](c4ccc5[nH]c([C@@H]6CCCN6C(=O)[C@@H](NC(=O)OC)C(C)C)nc5c4)N3c3ccc(N4CCCCC4=O)cc3)ccc2[nH]1)C(C)C. The number of aromatic nitrogens is 4. The Morgan fingerprint density at radius 3 is 1.51 bits per heavy atom. The molecule has 4 N–H and O–H groups in total. The largest absolute Gasteiger partial charge is 0.453 e. The fourth-order valence-corrected chi connectivity index (χ4v) is 10.9.